The summed E-state index contributed by atoms with van der Waals surface area (Å²) in [5, 5.41) is 46.3. The molecule has 28 heteroatoms. The number of fused-ring (bicyclic) bond motifs is 3. The fourth-order valence-corrected chi connectivity index (χ4v) is 14.8. The summed E-state index contributed by atoms with van der Waals surface area (Å²) in [5.41, 5.74) is 7.51. The molecule has 5 aliphatic heterocycles. The molecule has 0 saturated carbocycles. The van der Waals surface area contributed by atoms with Gasteiger partial charge in [-0.15, -0.1) is 21.5 Å². The van der Waals surface area contributed by atoms with Gasteiger partial charge in [0.2, 0.25) is 29.5 Å². The van der Waals surface area contributed by atoms with Crippen LogP contribution in [-0.2, 0) is 44.9 Å². The van der Waals surface area contributed by atoms with Crippen molar-refractivity contribution in [2.45, 2.75) is 142 Å². The first-order chi connectivity index (χ1) is 49.0. The second-order valence-electron chi connectivity index (χ2n) is 27.8. The van der Waals surface area contributed by atoms with Gasteiger partial charge in [-0.1, -0.05) is 82.6 Å². The fourth-order valence-electron chi connectivity index (χ4n) is 13.9. The highest BCUT2D eigenvalue weighted by molar-refractivity contribution is 7.13. The average Bonchev–Trinajstić information content (AvgIpc) is 1.04. The van der Waals surface area contributed by atoms with E-state index in [9.17, 15) is 48.6 Å². The van der Waals surface area contributed by atoms with Gasteiger partial charge in [0.05, 0.1) is 52.2 Å². The molecule has 0 unspecified atom stereocenters. The molecule has 27 nitrogen and oxygen atoms in total. The maximum atomic E-state index is 14.4. The summed E-state index contributed by atoms with van der Waals surface area (Å²) >= 11 is 1.58. The van der Waals surface area contributed by atoms with E-state index in [1.54, 1.807) is 80.6 Å². The number of imide groups is 1. The third-order valence-corrected chi connectivity index (χ3v) is 20.7. The maximum Gasteiger partial charge on any atom is 0.415 e. The van der Waals surface area contributed by atoms with Gasteiger partial charge in [0.15, 0.2) is 11.6 Å². The lowest BCUT2D eigenvalue weighted by Gasteiger charge is -2.48. The third-order valence-electron chi connectivity index (χ3n) is 19.7. The number of hydrogen-bond donors (Lipinski definition) is 6. The van der Waals surface area contributed by atoms with Gasteiger partial charge in [-0.3, -0.25) is 53.2 Å². The number of phenols is 1. The van der Waals surface area contributed by atoms with Crippen LogP contribution in [0.1, 0.15) is 121 Å². The van der Waals surface area contributed by atoms with Crippen molar-refractivity contribution in [1.82, 2.24) is 55.9 Å². The summed E-state index contributed by atoms with van der Waals surface area (Å²) in [5.74, 6) is -2.53. The Balaban J connectivity index is 0.630. The molecule has 0 bridgehead atoms. The number of hydrogen-bond acceptors (Lipinski definition) is 21. The Hall–Kier alpha value is -9.64. The minimum absolute atomic E-state index is 0.0192. The van der Waals surface area contributed by atoms with Crippen molar-refractivity contribution >= 4 is 76.0 Å². The number of piperidine rings is 1. The summed E-state index contributed by atoms with van der Waals surface area (Å²) < 4.78 is 17.9. The molecule has 102 heavy (non-hydrogen) atoms. The zero-order valence-corrected chi connectivity index (χ0v) is 59.6. The first kappa shape index (κ1) is 73.6. The van der Waals surface area contributed by atoms with Gasteiger partial charge in [0, 0.05) is 88.1 Å². The molecular formula is C74H92N14O13S. The number of unbranched alkanes of at least 4 members (excludes halogenated alkanes) is 2. The van der Waals surface area contributed by atoms with Gasteiger partial charge in [-0.05, 0) is 129 Å². The normalized spacial score (nSPS) is 19.1. The van der Waals surface area contributed by atoms with E-state index in [0.717, 1.165) is 65.6 Å². The Labute approximate surface area is 597 Å². The zero-order valence-electron chi connectivity index (χ0n) is 58.8. The Kier molecular flexibility index (Phi) is 24.1. The Morgan fingerprint density at radius 2 is 1.52 bits per heavy atom. The third kappa shape index (κ3) is 18.0. The van der Waals surface area contributed by atoms with E-state index in [0.29, 0.717) is 91.2 Å². The van der Waals surface area contributed by atoms with E-state index in [1.807, 2.05) is 69.6 Å². The monoisotopic (exact) mass is 1420 g/mol. The van der Waals surface area contributed by atoms with E-state index in [4.69, 9.17) is 14.0 Å². The van der Waals surface area contributed by atoms with Crippen LogP contribution in [0.15, 0.2) is 107 Å². The summed E-state index contributed by atoms with van der Waals surface area (Å²) in [6.45, 7) is 19.1. The highest BCUT2D eigenvalue weighted by Gasteiger charge is 2.45. The van der Waals surface area contributed by atoms with E-state index in [2.05, 4.69) is 56.3 Å². The zero-order chi connectivity index (χ0) is 72.3. The quantitative estimate of drug-likeness (QED) is 0.0206. The lowest BCUT2D eigenvalue weighted by atomic mass is 9.91. The van der Waals surface area contributed by atoms with Crippen LogP contribution in [0.4, 0.5) is 22.0 Å². The molecule has 3 fully saturated rings. The van der Waals surface area contributed by atoms with Crippen LogP contribution in [0.3, 0.4) is 0 Å². The van der Waals surface area contributed by atoms with Crippen molar-refractivity contribution in [1.29, 1.82) is 0 Å². The minimum atomic E-state index is -0.962. The number of anilines is 3. The molecule has 0 spiro atoms. The van der Waals surface area contributed by atoms with Crippen LogP contribution in [0.5, 0.6) is 11.6 Å². The molecule has 6 N–H and O–H groups in total. The molecule has 542 valence electrons. The van der Waals surface area contributed by atoms with E-state index < -0.39 is 48.1 Å². The molecular weight excluding hydrogens is 1320 g/mol. The number of nitrogens with zero attached hydrogens (tertiary/aromatic N) is 10. The number of benzene rings is 3. The summed E-state index contributed by atoms with van der Waals surface area (Å²) in [4.78, 5) is 122. The van der Waals surface area contributed by atoms with E-state index >= 15 is 0 Å². The highest BCUT2D eigenvalue weighted by atomic mass is 32.1. The average molecular weight is 1420 g/mol. The first-order valence-corrected chi connectivity index (χ1v) is 36.2. The smallest absolute Gasteiger partial charge is 0.415 e. The van der Waals surface area contributed by atoms with Crippen LogP contribution in [-0.4, -0.2) is 200 Å². The van der Waals surface area contributed by atoms with Gasteiger partial charge >= 0.3 is 6.09 Å². The largest absolute Gasteiger partial charge is 0.507 e. The van der Waals surface area contributed by atoms with Gasteiger partial charge in [-0.2, -0.15) is 0 Å². The van der Waals surface area contributed by atoms with Crippen molar-refractivity contribution in [3.8, 4) is 33.3 Å². The SMILES string of the molecule is Cc1ncsc1-c1ccc([C@H](C)NC(=O)[C@@H]2C[C@@H](O)CN2C(=O)[C@@H](c2cc(OCCN3CCC(CN4CCN5c6cc(-c7ccccc7O)nnc6N(C(=O)OCc6ccc(NC(=O)[C@H](C)NC(=O)[C@@H](NC(=O)CCCCCN7C(=O)C=CC7=O)C(C)C)cc6)C[C@H]5C4)CC3)no2)C(C)C)cc1. The van der Waals surface area contributed by atoms with Crippen molar-refractivity contribution in [3.63, 3.8) is 0 Å². The standard InChI is InChI=1S/C74H92N14O13S/c1-44(2)66(73(97)87-41-55(89)35-59(87)71(95)76-46(5)51-18-20-52(21-19-51)68-47(6)75-43-102-68)61-37-63(82-101-61)99-34-33-83-29-26-49(27-30-83)38-84-31-32-85-54(39-84)40-88(69-58(85)36-57(80-81-69)56-13-10-11-14-60(56)90)74(98)100-42-50-16-22-53(23-17-50)78-70(94)48(7)77-72(96)67(45(3)4)79-62(91)15-9-8-12-28-86-64(92)24-25-65(86)93/h10-11,13-14,16-25,36-37,43-46,48-49,54-55,59,66-67,89-90H,8-9,12,15,26-35,38-42H2,1-7H3,(H,76,95)(H,77,96)(H,78,94)(H,79,91)/t46-,48-,54+,55+,59-,66+,67-/m0/s1. The summed E-state index contributed by atoms with van der Waals surface area (Å²) in [7, 11) is 0. The van der Waals surface area contributed by atoms with Gasteiger partial charge in [0.1, 0.15) is 43.0 Å². The second-order valence-corrected chi connectivity index (χ2v) is 28.7. The highest BCUT2D eigenvalue weighted by Crippen LogP contribution is 2.40. The van der Waals surface area contributed by atoms with Gasteiger partial charge < -0.3 is 55.3 Å². The number of amides is 8. The maximum absolute atomic E-state index is 14.4. The number of piperazine rings is 1. The number of aromatic nitrogens is 4. The molecule has 0 aliphatic carbocycles. The number of thiazole rings is 1. The topological polar surface area (TPSA) is 328 Å². The Bertz CT molecular complexity index is 3990. The molecule has 3 aromatic carbocycles. The number of aromatic hydroxyl groups is 1. The molecule has 5 aliphatic rings. The Morgan fingerprint density at radius 1 is 0.775 bits per heavy atom. The molecule has 8 amide bonds. The van der Waals surface area contributed by atoms with Crippen molar-refractivity contribution in [2.75, 3.05) is 87.2 Å². The van der Waals surface area contributed by atoms with Crippen molar-refractivity contribution < 1.29 is 62.6 Å². The minimum Gasteiger partial charge on any atom is -0.507 e. The number of phenolic OH excluding ortho intramolecular Hbond substituents is 1. The predicted octanol–water partition coefficient (Wildman–Crippen LogP) is 7.36. The predicted molar refractivity (Wildman–Crippen MR) is 382 cm³/mol. The number of carbonyl (C=O) groups is 8. The van der Waals surface area contributed by atoms with Crippen LogP contribution in [0.25, 0.3) is 21.7 Å². The number of para-hydroxylation sites is 1. The fraction of sp³-hybridized carbons (Fsp3) is 0.486. The lowest BCUT2D eigenvalue weighted by molar-refractivity contribution is -0.141. The number of β-amino-alcohol motifs (C(OH)–C–C–N with tert-alkyl or cyclic N) is 1. The van der Waals surface area contributed by atoms with Gasteiger partial charge in [-0.25, -0.2) is 9.78 Å². The number of rotatable bonds is 28. The number of carbonyl (C=O) groups excluding carboxylic acids is 8. The van der Waals surface area contributed by atoms with Crippen molar-refractivity contribution in [2.24, 2.45) is 17.8 Å². The molecule has 11 rings (SSSR count). The molecule has 0 radical (unpaired) electrons. The van der Waals surface area contributed by atoms with Crippen LogP contribution in [0, 0.1) is 24.7 Å². The number of likely N-dealkylation sites (tertiary alicyclic amines) is 2. The van der Waals surface area contributed by atoms with E-state index in [-0.39, 0.29) is 104 Å². The summed E-state index contributed by atoms with van der Waals surface area (Å²) in [6, 6.07) is 22.0. The summed E-state index contributed by atoms with van der Waals surface area (Å²) in [6.07, 6.45) is 4.87. The van der Waals surface area contributed by atoms with Crippen LogP contribution in [0.2, 0.25) is 0 Å². The molecule has 3 aromatic heterocycles. The number of aryl methyl sites for hydroxylation is 1. The molecule has 7 atom stereocenters. The number of aliphatic hydroxyl groups excluding tert-OH is 1. The lowest BCUT2D eigenvalue weighted by Crippen LogP contribution is -2.61. The van der Waals surface area contributed by atoms with E-state index in [1.165, 1.54) is 22.0 Å². The number of ether oxygens (including phenoxy) is 2. The molecule has 6 aromatic rings. The first-order valence-electron chi connectivity index (χ1n) is 35.3. The van der Waals surface area contributed by atoms with Gasteiger partial charge in [0.25, 0.3) is 17.7 Å². The van der Waals surface area contributed by atoms with Crippen LogP contribution < -0.4 is 35.8 Å². The number of aliphatic hydroxyl groups is 1. The Morgan fingerprint density at radius 3 is 2.23 bits per heavy atom. The molecule has 8 heterocycles. The number of nitrogens with one attached hydrogen (secondary N) is 4. The molecule has 3 saturated heterocycles. The van der Waals surface area contributed by atoms with Crippen molar-refractivity contribution in [3.05, 3.63) is 125 Å². The second kappa shape index (κ2) is 33.4. The van der Waals surface area contributed by atoms with Crippen LogP contribution >= 0.6 is 11.3 Å².